The Bertz CT molecular complexity index is 321. The molecule has 2 atom stereocenters. The second-order valence-electron chi connectivity index (χ2n) is 7.10. The predicted molar refractivity (Wildman–Crippen MR) is 76.2 cm³/mol. The molecule has 19 heavy (non-hydrogen) atoms. The molecule has 0 aromatic rings. The number of hydrogen-bond acceptors (Lipinski definition) is 3. The maximum atomic E-state index is 12.1. The summed E-state index contributed by atoms with van der Waals surface area (Å²) in [5.74, 6) is 0.916. The van der Waals surface area contributed by atoms with Crippen LogP contribution < -0.4 is 5.32 Å². The first-order valence-electron chi connectivity index (χ1n) is 7.58. The molecule has 2 aliphatic rings. The van der Waals surface area contributed by atoms with Gasteiger partial charge in [0.1, 0.15) is 5.60 Å². The molecule has 4 heteroatoms. The first kappa shape index (κ1) is 14.6. The van der Waals surface area contributed by atoms with E-state index in [9.17, 15) is 4.79 Å². The molecule has 0 bridgehead atoms. The lowest BCUT2D eigenvalue weighted by Crippen LogP contribution is -2.51. The third-order valence-electron chi connectivity index (χ3n) is 3.90. The Morgan fingerprint density at radius 2 is 2.00 bits per heavy atom. The zero-order valence-corrected chi connectivity index (χ0v) is 12.7. The second kappa shape index (κ2) is 5.70. The predicted octanol–water partition coefficient (Wildman–Crippen LogP) is 2.77. The number of carbonyl (C=O) groups excluding carboxylic acids is 1. The summed E-state index contributed by atoms with van der Waals surface area (Å²) in [5, 5.41) is 3.64. The molecular weight excluding hydrogens is 240 g/mol. The number of hydrogen-bond donors (Lipinski definition) is 1. The third-order valence-corrected chi connectivity index (χ3v) is 3.90. The molecule has 110 valence electrons. The number of ether oxygens (including phenoxy) is 1. The summed E-state index contributed by atoms with van der Waals surface area (Å²) in [6, 6.07) is 0.828. The van der Waals surface area contributed by atoms with Crippen LogP contribution in [0.2, 0.25) is 0 Å². The monoisotopic (exact) mass is 268 g/mol. The number of piperidine rings is 1. The SMILES string of the molecule is CC1CC(NCC2CC2)CCN1C(=O)OC(C)(C)C. The minimum atomic E-state index is -0.405. The molecule has 1 aliphatic heterocycles. The zero-order chi connectivity index (χ0) is 14.0. The van der Waals surface area contributed by atoms with Gasteiger partial charge in [-0.25, -0.2) is 4.79 Å². The van der Waals surface area contributed by atoms with Crippen molar-refractivity contribution in [3.63, 3.8) is 0 Å². The molecule has 1 heterocycles. The van der Waals surface area contributed by atoms with Crippen LogP contribution in [0.1, 0.15) is 53.4 Å². The van der Waals surface area contributed by atoms with Gasteiger partial charge in [-0.15, -0.1) is 0 Å². The summed E-state index contributed by atoms with van der Waals surface area (Å²) < 4.78 is 5.46. The normalized spacial score (nSPS) is 28.3. The van der Waals surface area contributed by atoms with E-state index in [2.05, 4.69) is 12.2 Å². The highest BCUT2D eigenvalue weighted by Gasteiger charge is 2.32. The van der Waals surface area contributed by atoms with Crippen molar-refractivity contribution in [2.45, 2.75) is 71.1 Å². The molecule has 2 fully saturated rings. The highest BCUT2D eigenvalue weighted by atomic mass is 16.6. The molecule has 4 nitrogen and oxygen atoms in total. The van der Waals surface area contributed by atoms with E-state index in [-0.39, 0.29) is 12.1 Å². The molecule has 2 unspecified atom stereocenters. The van der Waals surface area contributed by atoms with E-state index in [0.717, 1.165) is 31.8 Å². The summed E-state index contributed by atoms with van der Waals surface area (Å²) in [4.78, 5) is 14.0. The number of amides is 1. The van der Waals surface area contributed by atoms with Gasteiger partial charge in [-0.05, 0) is 65.8 Å². The van der Waals surface area contributed by atoms with E-state index < -0.39 is 5.60 Å². The molecule has 1 saturated carbocycles. The van der Waals surface area contributed by atoms with E-state index in [1.807, 2.05) is 25.7 Å². The summed E-state index contributed by atoms with van der Waals surface area (Å²) in [6.45, 7) is 9.83. The van der Waals surface area contributed by atoms with Crippen LogP contribution in [-0.2, 0) is 4.74 Å². The van der Waals surface area contributed by atoms with Crippen molar-refractivity contribution in [3.05, 3.63) is 0 Å². The van der Waals surface area contributed by atoms with E-state index >= 15 is 0 Å². The van der Waals surface area contributed by atoms with Gasteiger partial charge in [0.05, 0.1) is 0 Å². The van der Waals surface area contributed by atoms with Gasteiger partial charge in [-0.1, -0.05) is 0 Å². The average molecular weight is 268 g/mol. The van der Waals surface area contributed by atoms with Gasteiger partial charge in [0.2, 0.25) is 0 Å². The number of carbonyl (C=O) groups is 1. The number of nitrogens with zero attached hydrogens (tertiary/aromatic N) is 1. The molecule has 1 aliphatic carbocycles. The Balaban J connectivity index is 1.77. The van der Waals surface area contributed by atoms with Crippen LogP contribution in [0.25, 0.3) is 0 Å². The average Bonchev–Trinajstić information content (AvgIpc) is 3.07. The van der Waals surface area contributed by atoms with Gasteiger partial charge in [-0.3, -0.25) is 0 Å². The molecular formula is C15H28N2O2. The Hall–Kier alpha value is -0.770. The van der Waals surface area contributed by atoms with Crippen LogP contribution >= 0.6 is 0 Å². The topological polar surface area (TPSA) is 41.6 Å². The fourth-order valence-corrected chi connectivity index (χ4v) is 2.60. The summed E-state index contributed by atoms with van der Waals surface area (Å²) in [7, 11) is 0. The van der Waals surface area contributed by atoms with Gasteiger partial charge in [0.25, 0.3) is 0 Å². The lowest BCUT2D eigenvalue weighted by Gasteiger charge is -2.38. The van der Waals surface area contributed by atoms with Gasteiger partial charge in [0, 0.05) is 18.6 Å². The van der Waals surface area contributed by atoms with Crippen LogP contribution in [0.15, 0.2) is 0 Å². The Kier molecular flexibility index (Phi) is 4.39. The lowest BCUT2D eigenvalue weighted by atomic mass is 9.98. The molecule has 0 aromatic heterocycles. The number of likely N-dealkylation sites (tertiary alicyclic amines) is 1. The van der Waals surface area contributed by atoms with E-state index in [4.69, 9.17) is 4.74 Å². The highest BCUT2D eigenvalue weighted by molar-refractivity contribution is 5.68. The molecule has 2 rings (SSSR count). The third kappa shape index (κ3) is 4.68. The van der Waals surface area contributed by atoms with Crippen molar-refractivity contribution in [1.29, 1.82) is 0 Å². The maximum Gasteiger partial charge on any atom is 0.410 e. The molecule has 1 N–H and O–H groups in total. The fourth-order valence-electron chi connectivity index (χ4n) is 2.60. The molecule has 0 aromatic carbocycles. The molecule has 0 spiro atoms. The van der Waals surface area contributed by atoms with E-state index in [0.29, 0.717) is 6.04 Å². The van der Waals surface area contributed by atoms with Gasteiger partial charge >= 0.3 is 6.09 Å². The lowest BCUT2D eigenvalue weighted by molar-refractivity contribution is 0.00936. The fraction of sp³-hybridized carbons (Fsp3) is 0.933. The van der Waals surface area contributed by atoms with Gasteiger partial charge in [0.15, 0.2) is 0 Å². The first-order valence-corrected chi connectivity index (χ1v) is 7.58. The molecule has 1 saturated heterocycles. The van der Waals surface area contributed by atoms with Crippen LogP contribution in [0, 0.1) is 5.92 Å². The number of nitrogens with one attached hydrogen (secondary N) is 1. The van der Waals surface area contributed by atoms with Crippen molar-refractivity contribution in [2.75, 3.05) is 13.1 Å². The Morgan fingerprint density at radius 1 is 1.32 bits per heavy atom. The second-order valence-corrected chi connectivity index (χ2v) is 7.10. The molecule has 1 amide bonds. The standard InChI is InChI=1S/C15H28N2O2/c1-11-9-13(16-10-12-5-6-12)7-8-17(11)14(18)19-15(2,3)4/h11-13,16H,5-10H2,1-4H3. The first-order chi connectivity index (χ1) is 8.85. The Labute approximate surface area is 116 Å². The highest BCUT2D eigenvalue weighted by Crippen LogP contribution is 2.28. The number of rotatable bonds is 3. The van der Waals surface area contributed by atoms with Crippen LogP contribution in [0.4, 0.5) is 4.79 Å². The van der Waals surface area contributed by atoms with Crippen molar-refractivity contribution >= 4 is 6.09 Å². The minimum Gasteiger partial charge on any atom is -0.444 e. The summed E-state index contributed by atoms with van der Waals surface area (Å²) in [6.07, 6.45) is 4.68. The van der Waals surface area contributed by atoms with Crippen molar-refractivity contribution in [2.24, 2.45) is 5.92 Å². The summed E-state index contributed by atoms with van der Waals surface area (Å²) >= 11 is 0. The zero-order valence-electron chi connectivity index (χ0n) is 12.7. The van der Waals surface area contributed by atoms with E-state index in [1.54, 1.807) is 0 Å². The summed E-state index contributed by atoms with van der Waals surface area (Å²) in [5.41, 5.74) is -0.405. The van der Waals surface area contributed by atoms with E-state index in [1.165, 1.54) is 12.8 Å². The molecule has 0 radical (unpaired) electrons. The maximum absolute atomic E-state index is 12.1. The van der Waals surface area contributed by atoms with Crippen LogP contribution in [0.3, 0.4) is 0 Å². The van der Waals surface area contributed by atoms with Crippen molar-refractivity contribution in [3.8, 4) is 0 Å². The van der Waals surface area contributed by atoms with Gasteiger partial charge < -0.3 is 15.0 Å². The largest absolute Gasteiger partial charge is 0.444 e. The van der Waals surface area contributed by atoms with Gasteiger partial charge in [-0.2, -0.15) is 0 Å². The van der Waals surface area contributed by atoms with Crippen molar-refractivity contribution in [1.82, 2.24) is 10.2 Å². The van der Waals surface area contributed by atoms with Crippen molar-refractivity contribution < 1.29 is 9.53 Å². The Morgan fingerprint density at radius 3 is 2.53 bits per heavy atom. The van der Waals surface area contributed by atoms with Crippen LogP contribution in [-0.4, -0.2) is 41.8 Å². The quantitative estimate of drug-likeness (QED) is 0.855. The minimum absolute atomic E-state index is 0.166. The smallest absolute Gasteiger partial charge is 0.410 e. The van der Waals surface area contributed by atoms with Crippen LogP contribution in [0.5, 0.6) is 0 Å².